The Balaban J connectivity index is 1.79. The molecule has 0 saturated carbocycles. The van der Waals surface area contributed by atoms with Gasteiger partial charge in [0.1, 0.15) is 9.88 Å². The Labute approximate surface area is 141 Å². The number of amides is 1. The summed E-state index contributed by atoms with van der Waals surface area (Å²) in [5.74, 6) is -0.182. The summed E-state index contributed by atoms with van der Waals surface area (Å²) in [5, 5.41) is 7.70. The molecule has 0 aliphatic heterocycles. The summed E-state index contributed by atoms with van der Waals surface area (Å²) in [6, 6.07) is 8.85. The number of carbonyl (C=O) groups is 2. The third kappa shape index (κ3) is 3.38. The van der Waals surface area contributed by atoms with E-state index in [-0.39, 0.29) is 11.7 Å². The number of aromatic nitrogens is 1. The second-order valence-corrected chi connectivity index (χ2v) is 6.81. The Morgan fingerprint density at radius 2 is 1.87 bits per heavy atom. The van der Waals surface area contributed by atoms with Crippen molar-refractivity contribution in [3.05, 3.63) is 57.2 Å². The summed E-state index contributed by atoms with van der Waals surface area (Å²) in [7, 11) is 0. The van der Waals surface area contributed by atoms with Crippen LogP contribution in [-0.4, -0.2) is 16.7 Å². The third-order valence-electron chi connectivity index (χ3n) is 3.32. The number of rotatable bonds is 4. The normalized spacial score (nSPS) is 10.5. The van der Waals surface area contributed by atoms with E-state index >= 15 is 0 Å². The first-order chi connectivity index (χ1) is 11.0. The highest BCUT2D eigenvalue weighted by molar-refractivity contribution is 7.17. The number of thiazole rings is 1. The van der Waals surface area contributed by atoms with Crippen molar-refractivity contribution in [3.63, 3.8) is 0 Å². The number of thiophene rings is 1. The minimum absolute atomic E-state index is 0.00147. The van der Waals surface area contributed by atoms with E-state index in [9.17, 15) is 9.59 Å². The molecule has 0 unspecified atom stereocenters. The molecule has 0 radical (unpaired) electrons. The predicted octanol–water partition coefficient (Wildman–Crippen LogP) is 4.63. The van der Waals surface area contributed by atoms with Crippen LogP contribution in [0.5, 0.6) is 0 Å². The van der Waals surface area contributed by atoms with Gasteiger partial charge in [-0.2, -0.15) is 11.3 Å². The zero-order valence-electron chi connectivity index (χ0n) is 12.6. The van der Waals surface area contributed by atoms with E-state index in [1.807, 2.05) is 23.8 Å². The highest BCUT2D eigenvalue weighted by Crippen LogP contribution is 2.29. The molecule has 0 atom stereocenters. The van der Waals surface area contributed by atoms with Gasteiger partial charge in [0, 0.05) is 22.2 Å². The van der Waals surface area contributed by atoms with Crippen LogP contribution in [0.2, 0.25) is 0 Å². The predicted molar refractivity (Wildman–Crippen MR) is 94.6 cm³/mol. The molecule has 0 spiro atoms. The van der Waals surface area contributed by atoms with E-state index in [0.717, 1.165) is 10.6 Å². The molecule has 4 nitrogen and oxygen atoms in total. The molecule has 1 amide bonds. The zero-order chi connectivity index (χ0) is 16.4. The van der Waals surface area contributed by atoms with Gasteiger partial charge >= 0.3 is 0 Å². The Morgan fingerprint density at radius 3 is 2.48 bits per heavy atom. The molecular weight excluding hydrogens is 328 g/mol. The first-order valence-electron chi connectivity index (χ1n) is 6.97. The summed E-state index contributed by atoms with van der Waals surface area (Å²) in [5.41, 5.74) is 3.03. The standard InChI is InChI=1S/C17H14N2O2S2/c1-10-15(23-17(18-10)13-7-8-22-9-13)16(21)19-14-5-3-12(4-6-14)11(2)20/h3-9H,1-2H3,(H,19,21). The number of hydrogen-bond donors (Lipinski definition) is 1. The van der Waals surface area contributed by atoms with Crippen molar-refractivity contribution in [2.24, 2.45) is 0 Å². The molecule has 3 aromatic rings. The Hall–Kier alpha value is -2.31. The van der Waals surface area contributed by atoms with Gasteiger partial charge in [-0.15, -0.1) is 11.3 Å². The molecule has 1 N–H and O–H groups in total. The van der Waals surface area contributed by atoms with Gasteiger partial charge < -0.3 is 5.32 Å². The maximum absolute atomic E-state index is 12.4. The number of nitrogens with one attached hydrogen (secondary N) is 1. The lowest BCUT2D eigenvalue weighted by atomic mass is 10.1. The van der Waals surface area contributed by atoms with Crippen LogP contribution in [-0.2, 0) is 0 Å². The molecule has 0 bridgehead atoms. The second-order valence-electron chi connectivity index (χ2n) is 5.03. The van der Waals surface area contributed by atoms with Crippen molar-refractivity contribution in [2.45, 2.75) is 13.8 Å². The van der Waals surface area contributed by atoms with Crippen molar-refractivity contribution >= 4 is 40.1 Å². The molecule has 116 valence electrons. The van der Waals surface area contributed by atoms with Crippen molar-refractivity contribution in [2.75, 3.05) is 5.32 Å². The lowest BCUT2D eigenvalue weighted by Gasteiger charge is -2.04. The highest BCUT2D eigenvalue weighted by atomic mass is 32.1. The minimum atomic E-state index is -0.183. The van der Waals surface area contributed by atoms with Crippen LogP contribution < -0.4 is 5.32 Å². The summed E-state index contributed by atoms with van der Waals surface area (Å²) >= 11 is 2.98. The van der Waals surface area contributed by atoms with Crippen LogP contribution in [0, 0.1) is 6.92 Å². The fourth-order valence-electron chi connectivity index (χ4n) is 2.09. The van der Waals surface area contributed by atoms with E-state index in [2.05, 4.69) is 10.3 Å². The molecule has 23 heavy (non-hydrogen) atoms. The zero-order valence-corrected chi connectivity index (χ0v) is 14.3. The molecular formula is C17H14N2O2S2. The topological polar surface area (TPSA) is 59.1 Å². The quantitative estimate of drug-likeness (QED) is 0.703. The molecule has 0 aliphatic carbocycles. The molecule has 0 saturated heterocycles. The van der Waals surface area contributed by atoms with E-state index in [1.165, 1.54) is 18.3 Å². The maximum Gasteiger partial charge on any atom is 0.267 e. The number of anilines is 1. The Morgan fingerprint density at radius 1 is 1.13 bits per heavy atom. The smallest absolute Gasteiger partial charge is 0.267 e. The van der Waals surface area contributed by atoms with Crippen LogP contribution in [0.1, 0.15) is 32.6 Å². The van der Waals surface area contributed by atoms with Crippen LogP contribution >= 0.6 is 22.7 Å². The summed E-state index contributed by atoms with van der Waals surface area (Å²) in [6.07, 6.45) is 0. The lowest BCUT2D eigenvalue weighted by molar-refractivity contribution is 0.101. The fraction of sp³-hybridized carbons (Fsp3) is 0.118. The van der Waals surface area contributed by atoms with Crippen molar-refractivity contribution in [1.29, 1.82) is 0 Å². The maximum atomic E-state index is 12.4. The molecule has 3 rings (SSSR count). The van der Waals surface area contributed by atoms with Crippen molar-refractivity contribution in [1.82, 2.24) is 4.98 Å². The van der Waals surface area contributed by atoms with E-state index < -0.39 is 0 Å². The van der Waals surface area contributed by atoms with Gasteiger partial charge in [-0.1, -0.05) is 0 Å². The average molecular weight is 342 g/mol. The SMILES string of the molecule is CC(=O)c1ccc(NC(=O)c2sc(-c3ccsc3)nc2C)cc1. The van der Waals surface area contributed by atoms with Gasteiger partial charge in [0.05, 0.1) is 5.69 Å². The minimum Gasteiger partial charge on any atom is -0.321 e. The number of aryl methyl sites for hydroxylation is 1. The number of Topliss-reactive ketones (excluding diaryl/α,β-unsaturated/α-hetero) is 1. The van der Waals surface area contributed by atoms with Gasteiger partial charge in [0.25, 0.3) is 5.91 Å². The molecule has 1 aromatic carbocycles. The third-order valence-corrected chi connectivity index (χ3v) is 5.21. The van der Waals surface area contributed by atoms with Gasteiger partial charge in [-0.3, -0.25) is 9.59 Å². The Bertz CT molecular complexity index is 849. The fourth-order valence-corrected chi connectivity index (χ4v) is 3.77. The van der Waals surface area contributed by atoms with Crippen molar-refractivity contribution in [3.8, 4) is 10.6 Å². The average Bonchev–Trinajstić information content (AvgIpc) is 3.16. The summed E-state index contributed by atoms with van der Waals surface area (Å²) in [4.78, 5) is 28.8. The van der Waals surface area contributed by atoms with Crippen LogP contribution in [0.4, 0.5) is 5.69 Å². The van der Waals surface area contributed by atoms with Crippen LogP contribution in [0.3, 0.4) is 0 Å². The van der Waals surface area contributed by atoms with Gasteiger partial charge in [-0.05, 0) is 49.6 Å². The van der Waals surface area contributed by atoms with Gasteiger partial charge in [0.15, 0.2) is 5.78 Å². The molecule has 0 aliphatic rings. The number of ketones is 1. The van der Waals surface area contributed by atoms with E-state index in [4.69, 9.17) is 0 Å². The largest absolute Gasteiger partial charge is 0.321 e. The Kier molecular flexibility index (Phi) is 4.36. The number of nitrogens with zero attached hydrogens (tertiary/aromatic N) is 1. The second kappa shape index (κ2) is 6.44. The van der Waals surface area contributed by atoms with Crippen molar-refractivity contribution < 1.29 is 9.59 Å². The molecule has 6 heteroatoms. The van der Waals surface area contributed by atoms with Gasteiger partial charge in [0.2, 0.25) is 0 Å². The van der Waals surface area contributed by atoms with Gasteiger partial charge in [-0.25, -0.2) is 4.98 Å². The lowest BCUT2D eigenvalue weighted by Crippen LogP contribution is -2.11. The van der Waals surface area contributed by atoms with Crippen LogP contribution in [0.25, 0.3) is 10.6 Å². The first-order valence-corrected chi connectivity index (χ1v) is 8.73. The molecule has 2 aromatic heterocycles. The molecule has 0 fully saturated rings. The number of carbonyl (C=O) groups excluding carboxylic acids is 2. The number of benzene rings is 1. The monoisotopic (exact) mass is 342 g/mol. The molecule has 2 heterocycles. The summed E-state index contributed by atoms with van der Waals surface area (Å²) < 4.78 is 0. The number of hydrogen-bond acceptors (Lipinski definition) is 5. The van der Waals surface area contributed by atoms with Crippen LogP contribution in [0.15, 0.2) is 41.1 Å². The first kappa shape index (κ1) is 15.6. The van der Waals surface area contributed by atoms with E-state index in [1.54, 1.807) is 35.6 Å². The van der Waals surface area contributed by atoms with E-state index in [0.29, 0.717) is 21.8 Å². The highest BCUT2D eigenvalue weighted by Gasteiger charge is 2.16. The summed E-state index contributed by atoms with van der Waals surface area (Å²) in [6.45, 7) is 3.35.